The lowest BCUT2D eigenvalue weighted by Crippen LogP contribution is -2.61. The van der Waals surface area contributed by atoms with Gasteiger partial charge in [0.25, 0.3) is 0 Å². The molecule has 0 spiro atoms. The molecular weight excluding hydrogens is 943 g/mol. The SMILES string of the molecule is CC(C)CCCCCCCCCC1CC(=O)N[C@@H](CCC(=O)O)C(=O)NC(CC(C)C)C(=O)N[C@H](CC(C)C)C(=O)N[C@@H](C(C)C)C(=O)NC(CC(=O)O)C(=O)N[C@H](CC(C)C)C(=O)NC(CC(C)C)C(=O)O1. The monoisotopic (exact) mass is 1040 g/mol. The van der Waals surface area contributed by atoms with Crippen LogP contribution >= 0.6 is 0 Å². The highest BCUT2D eigenvalue weighted by molar-refractivity contribution is 5.98. The van der Waals surface area contributed by atoms with Crippen LogP contribution in [0.5, 0.6) is 0 Å². The number of ether oxygens (including phenoxy) is 1. The van der Waals surface area contributed by atoms with Crippen LogP contribution in [0.3, 0.4) is 0 Å². The second-order valence-corrected chi connectivity index (χ2v) is 22.4. The number of amides is 7. The Balaban J connectivity index is 3.95. The number of cyclic esters (lactones) is 1. The lowest BCUT2D eigenvalue weighted by atomic mass is 9.98. The van der Waals surface area contributed by atoms with Gasteiger partial charge in [0, 0.05) is 6.42 Å². The Kier molecular flexibility index (Phi) is 30.8. The van der Waals surface area contributed by atoms with E-state index in [1.165, 1.54) is 0 Å². The highest BCUT2D eigenvalue weighted by Crippen LogP contribution is 2.19. The van der Waals surface area contributed by atoms with Crippen molar-refractivity contribution in [3.63, 3.8) is 0 Å². The fraction of sp³-hybridized carbons (Fsp3) is 0.811. The molecule has 8 atom stereocenters. The van der Waals surface area contributed by atoms with Gasteiger partial charge in [-0.1, -0.05) is 128 Å². The van der Waals surface area contributed by atoms with Crippen LogP contribution in [0.25, 0.3) is 0 Å². The van der Waals surface area contributed by atoms with Crippen LogP contribution in [-0.4, -0.2) is 118 Å². The molecular formula is C53H93N7O13. The Hall–Kier alpha value is -5.30. The molecule has 0 aliphatic carbocycles. The van der Waals surface area contributed by atoms with Gasteiger partial charge in [-0.05, 0) is 80.5 Å². The minimum atomic E-state index is -1.72. The second-order valence-electron chi connectivity index (χ2n) is 22.4. The maximum atomic E-state index is 14.2. The van der Waals surface area contributed by atoms with Gasteiger partial charge >= 0.3 is 17.9 Å². The summed E-state index contributed by atoms with van der Waals surface area (Å²) in [7, 11) is 0. The van der Waals surface area contributed by atoms with Crippen molar-refractivity contribution in [1.82, 2.24) is 37.2 Å². The molecule has 1 aliphatic rings. The van der Waals surface area contributed by atoms with Crippen molar-refractivity contribution in [2.24, 2.45) is 35.5 Å². The van der Waals surface area contributed by atoms with E-state index in [0.29, 0.717) is 12.3 Å². The first-order valence-electron chi connectivity index (χ1n) is 26.8. The van der Waals surface area contributed by atoms with Crippen LogP contribution in [0.4, 0.5) is 0 Å². The van der Waals surface area contributed by atoms with Crippen LogP contribution < -0.4 is 37.2 Å². The van der Waals surface area contributed by atoms with Gasteiger partial charge in [0.15, 0.2) is 0 Å². The summed E-state index contributed by atoms with van der Waals surface area (Å²) in [6.45, 7) is 22.0. The molecule has 20 heteroatoms. The van der Waals surface area contributed by atoms with Gasteiger partial charge in [-0.15, -0.1) is 0 Å². The molecule has 0 saturated carbocycles. The lowest BCUT2D eigenvalue weighted by Gasteiger charge is -2.29. The minimum absolute atomic E-state index is 0.0393. The Morgan fingerprint density at radius 2 is 0.849 bits per heavy atom. The molecule has 1 saturated heterocycles. The predicted octanol–water partition coefficient (Wildman–Crippen LogP) is 5.04. The summed E-state index contributed by atoms with van der Waals surface area (Å²) in [5, 5.41) is 37.9. The summed E-state index contributed by atoms with van der Waals surface area (Å²) in [5.41, 5.74) is 0. The molecule has 1 aliphatic heterocycles. The van der Waals surface area contributed by atoms with Gasteiger partial charge in [-0.2, -0.15) is 0 Å². The molecule has 0 radical (unpaired) electrons. The first-order valence-corrected chi connectivity index (χ1v) is 26.8. The largest absolute Gasteiger partial charge is 0.481 e. The first kappa shape index (κ1) is 65.7. The van der Waals surface area contributed by atoms with E-state index in [4.69, 9.17) is 4.74 Å². The van der Waals surface area contributed by atoms with Gasteiger partial charge < -0.3 is 52.2 Å². The van der Waals surface area contributed by atoms with E-state index in [0.717, 1.165) is 44.9 Å². The third-order valence-electron chi connectivity index (χ3n) is 12.4. The molecule has 4 unspecified atom stereocenters. The Bertz CT molecular complexity index is 1800. The summed E-state index contributed by atoms with van der Waals surface area (Å²) in [6, 6.07) is -9.64. The number of carbonyl (C=O) groups excluding carboxylic acids is 8. The third kappa shape index (κ3) is 28.1. The fourth-order valence-corrected chi connectivity index (χ4v) is 8.57. The number of carbonyl (C=O) groups is 10. The molecule has 7 amide bonds. The van der Waals surface area contributed by atoms with E-state index >= 15 is 0 Å². The van der Waals surface area contributed by atoms with Gasteiger partial charge in [-0.25, -0.2) is 4.79 Å². The lowest BCUT2D eigenvalue weighted by molar-refractivity contribution is -0.155. The van der Waals surface area contributed by atoms with E-state index < -0.39 is 133 Å². The number of unbranched alkanes of at least 4 members (excludes halogenated alkanes) is 6. The summed E-state index contributed by atoms with van der Waals surface area (Å²) in [6.07, 6.45) is 5.02. The molecule has 0 aromatic rings. The number of aliphatic carboxylic acids is 2. The molecule has 0 bridgehead atoms. The third-order valence-corrected chi connectivity index (χ3v) is 12.4. The Morgan fingerprint density at radius 1 is 0.452 bits per heavy atom. The quantitative estimate of drug-likeness (QED) is 0.0453. The van der Waals surface area contributed by atoms with Gasteiger partial charge in [0.1, 0.15) is 48.4 Å². The molecule has 418 valence electrons. The van der Waals surface area contributed by atoms with Crippen molar-refractivity contribution < 1.29 is 62.9 Å². The van der Waals surface area contributed by atoms with Crippen LogP contribution in [0, 0.1) is 35.5 Å². The molecule has 1 rings (SSSR count). The second kappa shape index (κ2) is 34.2. The van der Waals surface area contributed by atoms with Crippen molar-refractivity contribution in [3.8, 4) is 0 Å². The van der Waals surface area contributed by atoms with Crippen molar-refractivity contribution in [1.29, 1.82) is 0 Å². The van der Waals surface area contributed by atoms with Crippen molar-refractivity contribution in [2.45, 2.75) is 241 Å². The van der Waals surface area contributed by atoms with Gasteiger partial charge in [-0.3, -0.25) is 43.2 Å². The number of esters is 1. The zero-order chi connectivity index (χ0) is 55.5. The molecule has 20 nitrogen and oxygen atoms in total. The van der Waals surface area contributed by atoms with Crippen LogP contribution in [-0.2, 0) is 52.7 Å². The molecule has 1 heterocycles. The number of rotatable bonds is 24. The fourth-order valence-electron chi connectivity index (χ4n) is 8.57. The molecule has 1 fully saturated rings. The highest BCUT2D eigenvalue weighted by atomic mass is 16.5. The van der Waals surface area contributed by atoms with Crippen molar-refractivity contribution in [2.75, 3.05) is 0 Å². The summed E-state index contributed by atoms with van der Waals surface area (Å²) in [4.78, 5) is 137. The highest BCUT2D eigenvalue weighted by Gasteiger charge is 2.37. The number of hydrogen-bond donors (Lipinski definition) is 9. The number of nitrogens with one attached hydrogen (secondary N) is 7. The summed E-state index contributed by atoms with van der Waals surface area (Å²) in [5.74, 6) is -10.1. The van der Waals surface area contributed by atoms with Gasteiger partial charge in [0.2, 0.25) is 41.4 Å². The normalized spacial score (nSPS) is 24.0. The smallest absolute Gasteiger partial charge is 0.328 e. The number of carboxylic acid groups (broad SMARTS) is 2. The predicted molar refractivity (Wildman–Crippen MR) is 276 cm³/mol. The maximum Gasteiger partial charge on any atom is 0.328 e. The maximum absolute atomic E-state index is 14.2. The zero-order valence-corrected chi connectivity index (χ0v) is 46.0. The number of carboxylic acids is 2. The standard InChI is InChI=1S/C53H93N7O13/c1-30(2)20-18-16-14-13-15-17-19-21-36-28-43(61)54-37(22-23-44(62)63)47(66)55-38(24-31(3)4)48(67)57-40(26-33(7)8)51(70)60-46(35(11)12)52(71)58-41(29-45(64)65)50(69)56-39(25-32(5)6)49(68)59-42(27-34(9)10)53(72)73-36/h30-42,46H,13-29H2,1-12H3,(H,54,61)(H,55,66)(H,56,69)(H,57,67)(H,58,71)(H,59,68)(H,60,70)(H,62,63)(H,64,65)/t36?,37-,38?,39+,40+,41?,42?,46-/m0/s1. The van der Waals surface area contributed by atoms with Gasteiger partial charge in [0.05, 0.1) is 12.8 Å². The summed E-state index contributed by atoms with van der Waals surface area (Å²) < 4.78 is 6.04. The molecule has 9 N–H and O–H groups in total. The Labute approximate surface area is 434 Å². The van der Waals surface area contributed by atoms with Crippen molar-refractivity contribution in [3.05, 3.63) is 0 Å². The first-order chi connectivity index (χ1) is 34.1. The Morgan fingerprint density at radius 3 is 1.29 bits per heavy atom. The zero-order valence-electron chi connectivity index (χ0n) is 46.0. The number of hydrogen-bond acceptors (Lipinski definition) is 11. The molecule has 73 heavy (non-hydrogen) atoms. The summed E-state index contributed by atoms with van der Waals surface area (Å²) >= 11 is 0. The van der Waals surface area contributed by atoms with Crippen LogP contribution in [0.15, 0.2) is 0 Å². The topological polar surface area (TPSA) is 305 Å². The van der Waals surface area contributed by atoms with E-state index in [-0.39, 0.29) is 62.2 Å². The van der Waals surface area contributed by atoms with Crippen molar-refractivity contribution >= 4 is 59.3 Å². The average molecular weight is 1040 g/mol. The van der Waals surface area contributed by atoms with E-state index in [1.807, 2.05) is 13.8 Å². The molecule has 0 aromatic heterocycles. The van der Waals surface area contributed by atoms with E-state index in [2.05, 4.69) is 51.1 Å². The molecule has 0 aromatic carbocycles. The van der Waals surface area contributed by atoms with Crippen LogP contribution in [0.1, 0.15) is 192 Å². The average Bonchev–Trinajstić information content (AvgIpc) is 3.26. The van der Waals surface area contributed by atoms with E-state index in [1.54, 1.807) is 55.4 Å². The van der Waals surface area contributed by atoms with Crippen LogP contribution in [0.2, 0.25) is 0 Å². The minimum Gasteiger partial charge on any atom is -0.481 e. The van der Waals surface area contributed by atoms with E-state index in [9.17, 15) is 58.2 Å².